The zero-order valence-corrected chi connectivity index (χ0v) is 5.38. The van der Waals surface area contributed by atoms with Crippen LogP contribution in [0, 0.1) is 5.21 Å². The van der Waals surface area contributed by atoms with E-state index in [0.717, 1.165) is 0 Å². The Bertz CT molecular complexity index is 204. The molecule has 1 aromatic heterocycles. The lowest BCUT2D eigenvalue weighted by Crippen LogP contribution is -2.31. The number of halogens is 1. The molecule has 0 fully saturated rings. The molecule has 48 valence electrons. The van der Waals surface area contributed by atoms with Crippen molar-refractivity contribution >= 4 is 11.6 Å². The van der Waals surface area contributed by atoms with Gasteiger partial charge in [-0.1, -0.05) is 4.98 Å². The fourth-order valence-electron chi connectivity index (χ4n) is 0.482. The highest BCUT2D eigenvalue weighted by Crippen LogP contribution is 1.88. The first-order chi connectivity index (χ1) is 4.34. The van der Waals surface area contributed by atoms with Gasteiger partial charge in [0.25, 0.3) is 0 Å². The predicted molar refractivity (Wildman–Crippen MR) is 32.8 cm³/mol. The second-order valence-corrected chi connectivity index (χ2v) is 1.76. The van der Waals surface area contributed by atoms with Gasteiger partial charge in [0, 0.05) is 6.07 Å². The lowest BCUT2D eigenvalue weighted by atomic mass is 10.6. The Morgan fingerprint density at radius 2 is 2.56 bits per heavy atom. The topological polar surface area (TPSA) is 39.8 Å². The maximum Gasteiger partial charge on any atom is 0.316 e. The van der Waals surface area contributed by atoms with E-state index in [-0.39, 0.29) is 5.88 Å². The van der Waals surface area contributed by atoms with Gasteiger partial charge in [-0.25, -0.2) is 4.73 Å². The number of alkyl halides is 1. The summed E-state index contributed by atoms with van der Waals surface area (Å²) in [7, 11) is 0. The standard InChI is InChI=1S/C5H5ClN2O/c6-4-5-7-2-1-3-8(5)9/h1-3H,4H2. The van der Waals surface area contributed by atoms with Crippen LogP contribution in [0.3, 0.4) is 0 Å². The van der Waals surface area contributed by atoms with Gasteiger partial charge in [-0.2, -0.15) is 0 Å². The zero-order valence-electron chi connectivity index (χ0n) is 4.62. The number of hydrogen-bond acceptors (Lipinski definition) is 2. The molecule has 3 nitrogen and oxygen atoms in total. The van der Waals surface area contributed by atoms with Gasteiger partial charge in [0.1, 0.15) is 12.1 Å². The van der Waals surface area contributed by atoms with Crippen molar-refractivity contribution in [3.63, 3.8) is 0 Å². The number of nitrogens with zero attached hydrogens (tertiary/aromatic N) is 2. The van der Waals surface area contributed by atoms with E-state index < -0.39 is 0 Å². The summed E-state index contributed by atoms with van der Waals surface area (Å²) in [6.07, 6.45) is 2.90. The van der Waals surface area contributed by atoms with Crippen molar-refractivity contribution in [3.05, 3.63) is 29.5 Å². The second kappa shape index (κ2) is 2.64. The largest absolute Gasteiger partial charge is 0.711 e. The Labute approximate surface area is 57.5 Å². The van der Waals surface area contributed by atoms with Gasteiger partial charge in [-0.15, -0.1) is 11.6 Å². The van der Waals surface area contributed by atoms with E-state index >= 15 is 0 Å². The number of hydrogen-bond donors (Lipinski definition) is 0. The quantitative estimate of drug-likeness (QED) is 0.326. The molecular formula is C5H5ClN2O. The molecule has 0 atom stereocenters. The van der Waals surface area contributed by atoms with E-state index in [1.54, 1.807) is 6.07 Å². The van der Waals surface area contributed by atoms with E-state index in [9.17, 15) is 5.21 Å². The molecule has 1 rings (SSSR count). The summed E-state index contributed by atoms with van der Waals surface area (Å²) in [5.74, 6) is 0.490. The van der Waals surface area contributed by atoms with E-state index in [1.807, 2.05) is 0 Å². The van der Waals surface area contributed by atoms with Crippen LogP contribution < -0.4 is 4.73 Å². The molecule has 0 aliphatic carbocycles. The average molecular weight is 145 g/mol. The van der Waals surface area contributed by atoms with Crippen molar-refractivity contribution < 1.29 is 4.73 Å². The molecule has 0 saturated carbocycles. The van der Waals surface area contributed by atoms with Gasteiger partial charge < -0.3 is 5.21 Å². The fraction of sp³-hybridized carbons (Fsp3) is 0.200. The molecule has 0 amide bonds. The maximum absolute atomic E-state index is 10.6. The summed E-state index contributed by atoms with van der Waals surface area (Å²) >= 11 is 5.35. The maximum atomic E-state index is 10.6. The van der Waals surface area contributed by atoms with Gasteiger partial charge in [0.2, 0.25) is 0 Å². The molecule has 0 bridgehead atoms. The Kier molecular flexibility index (Phi) is 1.85. The molecular weight excluding hydrogens is 140 g/mol. The normalized spacial score (nSPS) is 9.44. The molecule has 9 heavy (non-hydrogen) atoms. The van der Waals surface area contributed by atoms with Gasteiger partial charge in [-0.05, 0) is 0 Å². The molecule has 0 saturated heterocycles. The molecule has 0 aliphatic heterocycles. The minimum Gasteiger partial charge on any atom is -0.711 e. The van der Waals surface area contributed by atoms with E-state index in [2.05, 4.69) is 4.98 Å². The van der Waals surface area contributed by atoms with Crippen LogP contribution in [0.2, 0.25) is 0 Å². The SMILES string of the molecule is [O-][n+]1cccnc1CCl. The van der Waals surface area contributed by atoms with E-state index in [1.165, 1.54) is 12.4 Å². The van der Waals surface area contributed by atoms with Crippen LogP contribution in [0.4, 0.5) is 0 Å². The summed E-state index contributed by atoms with van der Waals surface area (Å²) in [5, 5.41) is 10.6. The van der Waals surface area contributed by atoms with E-state index in [4.69, 9.17) is 11.6 Å². The van der Waals surface area contributed by atoms with Gasteiger partial charge in [0.15, 0.2) is 0 Å². The lowest BCUT2D eigenvalue weighted by molar-refractivity contribution is -0.616. The third-order valence-electron chi connectivity index (χ3n) is 0.905. The Hall–Kier alpha value is -0.830. The highest BCUT2D eigenvalue weighted by Gasteiger charge is 2.00. The predicted octanol–water partition coefficient (Wildman–Crippen LogP) is 0.454. The monoisotopic (exact) mass is 144 g/mol. The zero-order chi connectivity index (χ0) is 6.69. The molecule has 0 radical (unpaired) electrons. The van der Waals surface area contributed by atoms with Crippen molar-refractivity contribution in [2.24, 2.45) is 0 Å². The molecule has 1 heterocycles. The number of aromatic nitrogens is 2. The van der Waals surface area contributed by atoms with Crippen molar-refractivity contribution in [3.8, 4) is 0 Å². The smallest absolute Gasteiger partial charge is 0.316 e. The number of rotatable bonds is 1. The first kappa shape index (κ1) is 6.29. The summed E-state index contributed by atoms with van der Waals surface area (Å²) < 4.78 is 0.646. The molecule has 0 aromatic carbocycles. The van der Waals surface area contributed by atoms with Crippen molar-refractivity contribution in [1.82, 2.24) is 4.98 Å². The van der Waals surface area contributed by atoms with Crippen LogP contribution in [0.5, 0.6) is 0 Å². The summed E-state index contributed by atoms with van der Waals surface area (Å²) in [4.78, 5) is 3.72. The lowest BCUT2D eigenvalue weighted by Gasteiger charge is -1.99. The van der Waals surface area contributed by atoms with Crippen molar-refractivity contribution in [2.75, 3.05) is 0 Å². The third-order valence-corrected chi connectivity index (χ3v) is 1.14. The van der Waals surface area contributed by atoms with Crippen LogP contribution in [0.1, 0.15) is 5.82 Å². The molecule has 0 spiro atoms. The minimum atomic E-state index is 0.157. The van der Waals surface area contributed by atoms with Crippen LogP contribution in [-0.2, 0) is 5.88 Å². The molecule has 1 aromatic rings. The molecule has 0 N–H and O–H groups in total. The molecule has 0 aliphatic rings. The summed E-state index contributed by atoms with van der Waals surface area (Å²) in [5.41, 5.74) is 0. The Morgan fingerprint density at radius 3 is 3.00 bits per heavy atom. The van der Waals surface area contributed by atoms with Crippen molar-refractivity contribution in [2.45, 2.75) is 5.88 Å². The first-order valence-electron chi connectivity index (χ1n) is 2.43. The van der Waals surface area contributed by atoms with Crippen LogP contribution in [0.15, 0.2) is 18.5 Å². The Balaban J connectivity index is 3.01. The highest BCUT2D eigenvalue weighted by atomic mass is 35.5. The highest BCUT2D eigenvalue weighted by molar-refractivity contribution is 6.16. The van der Waals surface area contributed by atoms with Gasteiger partial charge in [0.05, 0.1) is 6.20 Å². The van der Waals surface area contributed by atoms with Crippen molar-refractivity contribution in [1.29, 1.82) is 0 Å². The van der Waals surface area contributed by atoms with Gasteiger partial charge in [-0.3, -0.25) is 0 Å². The van der Waals surface area contributed by atoms with Gasteiger partial charge >= 0.3 is 5.82 Å². The van der Waals surface area contributed by atoms with Crippen LogP contribution in [0.25, 0.3) is 0 Å². The first-order valence-corrected chi connectivity index (χ1v) is 2.97. The Morgan fingerprint density at radius 1 is 1.78 bits per heavy atom. The molecule has 0 unspecified atom stereocenters. The molecule has 4 heteroatoms. The third kappa shape index (κ3) is 1.29. The summed E-state index contributed by atoms with van der Waals surface area (Å²) in [6.45, 7) is 0. The van der Waals surface area contributed by atoms with E-state index in [0.29, 0.717) is 10.6 Å². The second-order valence-electron chi connectivity index (χ2n) is 1.50. The van der Waals surface area contributed by atoms with Crippen LogP contribution >= 0.6 is 11.6 Å². The fourth-order valence-corrected chi connectivity index (χ4v) is 0.669. The minimum absolute atomic E-state index is 0.157. The summed E-state index contributed by atoms with van der Waals surface area (Å²) in [6, 6.07) is 1.56. The van der Waals surface area contributed by atoms with Crippen LogP contribution in [-0.4, -0.2) is 4.98 Å². The average Bonchev–Trinajstić information content (AvgIpc) is 1.89.